The third-order valence-corrected chi connectivity index (χ3v) is 5.91. The highest BCUT2D eigenvalue weighted by atomic mass is 32.2. The van der Waals surface area contributed by atoms with Crippen molar-refractivity contribution in [3.8, 4) is 0 Å². The van der Waals surface area contributed by atoms with Gasteiger partial charge in [-0.25, -0.2) is 9.78 Å². The van der Waals surface area contributed by atoms with Crippen LogP contribution in [0.25, 0.3) is 0 Å². The van der Waals surface area contributed by atoms with Crippen LogP contribution in [0.3, 0.4) is 0 Å². The van der Waals surface area contributed by atoms with Crippen molar-refractivity contribution in [1.29, 1.82) is 0 Å². The molecule has 1 aromatic heterocycles. The maximum Gasteiger partial charge on any atom is 0.338 e. The van der Waals surface area contributed by atoms with Crippen LogP contribution in [-0.2, 0) is 9.53 Å². The summed E-state index contributed by atoms with van der Waals surface area (Å²) < 4.78 is 4.93. The molecule has 0 saturated heterocycles. The number of nitro groups is 1. The van der Waals surface area contributed by atoms with E-state index < -0.39 is 22.8 Å². The number of rotatable bonds is 11. The molecule has 37 heavy (non-hydrogen) atoms. The van der Waals surface area contributed by atoms with E-state index in [1.165, 1.54) is 24.3 Å². The summed E-state index contributed by atoms with van der Waals surface area (Å²) in [5.41, 5.74) is 0.888. The minimum absolute atomic E-state index is 0.0311. The summed E-state index contributed by atoms with van der Waals surface area (Å²) in [5.74, 6) is -0.859. The fourth-order valence-corrected chi connectivity index (χ4v) is 3.83. The third kappa shape index (κ3) is 7.61. The van der Waals surface area contributed by atoms with Crippen LogP contribution in [0.15, 0.2) is 53.7 Å². The first-order chi connectivity index (χ1) is 17.7. The second-order valence-corrected chi connectivity index (χ2v) is 9.08. The Labute approximate surface area is 216 Å². The van der Waals surface area contributed by atoms with E-state index in [0.717, 1.165) is 11.8 Å². The smallest absolute Gasteiger partial charge is 0.338 e. The zero-order valence-corrected chi connectivity index (χ0v) is 21.2. The number of nitrogens with zero attached hydrogens (tertiary/aromatic N) is 3. The molecule has 2 amide bonds. The highest BCUT2D eigenvalue weighted by molar-refractivity contribution is 7.99. The van der Waals surface area contributed by atoms with Gasteiger partial charge in [-0.3, -0.25) is 24.8 Å². The van der Waals surface area contributed by atoms with Gasteiger partial charge in [-0.1, -0.05) is 31.7 Å². The summed E-state index contributed by atoms with van der Waals surface area (Å²) in [6.45, 7) is 5.77. The Hall–Kier alpha value is -4.26. The van der Waals surface area contributed by atoms with Crippen LogP contribution >= 0.6 is 11.8 Å². The van der Waals surface area contributed by atoms with Crippen molar-refractivity contribution in [3.05, 3.63) is 75.6 Å². The van der Waals surface area contributed by atoms with Gasteiger partial charge in [0.25, 0.3) is 11.6 Å². The van der Waals surface area contributed by atoms with E-state index in [1.807, 2.05) is 13.8 Å². The second kappa shape index (κ2) is 12.6. The molecule has 3 rings (SSSR count). The molecule has 0 aliphatic heterocycles. The Balaban J connectivity index is 1.57. The molecule has 12 nitrogen and oxygen atoms in total. The Morgan fingerprint density at radius 3 is 2.51 bits per heavy atom. The summed E-state index contributed by atoms with van der Waals surface area (Å²) in [4.78, 5) is 51.6. The molecule has 0 bridgehead atoms. The van der Waals surface area contributed by atoms with Crippen molar-refractivity contribution >= 4 is 40.9 Å². The first kappa shape index (κ1) is 27.3. The molecule has 0 spiro atoms. The van der Waals surface area contributed by atoms with Crippen LogP contribution in [0.2, 0.25) is 0 Å². The monoisotopic (exact) mass is 526 g/mol. The van der Waals surface area contributed by atoms with Crippen LogP contribution in [0, 0.1) is 16.0 Å². The van der Waals surface area contributed by atoms with Gasteiger partial charge in [0.15, 0.2) is 0 Å². The maximum absolute atomic E-state index is 12.7. The average molecular weight is 527 g/mol. The second-order valence-electron chi connectivity index (χ2n) is 8.14. The van der Waals surface area contributed by atoms with Crippen LogP contribution < -0.4 is 10.6 Å². The summed E-state index contributed by atoms with van der Waals surface area (Å²) >= 11 is 1.11. The number of aromatic amines is 1. The normalized spacial score (nSPS) is 11.6. The molecule has 13 heteroatoms. The molecule has 0 aliphatic rings. The third-order valence-electron chi connectivity index (χ3n) is 5.06. The van der Waals surface area contributed by atoms with Gasteiger partial charge < -0.3 is 15.4 Å². The number of esters is 1. The zero-order chi connectivity index (χ0) is 26.9. The van der Waals surface area contributed by atoms with Gasteiger partial charge in [-0.15, -0.1) is 5.10 Å². The topological polar surface area (TPSA) is 169 Å². The Morgan fingerprint density at radius 1 is 1.14 bits per heavy atom. The summed E-state index contributed by atoms with van der Waals surface area (Å²) in [6.07, 6.45) is 0. The summed E-state index contributed by atoms with van der Waals surface area (Å²) in [6, 6.07) is 11.3. The van der Waals surface area contributed by atoms with Crippen molar-refractivity contribution in [2.24, 2.45) is 5.92 Å². The number of benzene rings is 2. The molecule has 0 aliphatic carbocycles. The molecule has 3 N–H and O–H groups in total. The Bertz CT molecular complexity index is 1280. The standard InChI is InChI=1S/C24H26N6O6S/c1-4-36-23(33)15-8-10-17(11-9-15)25-19(31)13-37-24-27-21(28-29-24)20(14(2)3)26-22(32)16-6-5-7-18(12-16)30(34)35/h5-12,14,20H,4,13H2,1-3H3,(H,25,31)(H,26,32)(H,27,28,29)/t20-/m0/s1. The lowest BCUT2D eigenvalue weighted by Gasteiger charge is -2.19. The molecular formula is C24H26N6O6S. The molecule has 2 aromatic carbocycles. The van der Waals surface area contributed by atoms with E-state index >= 15 is 0 Å². The van der Waals surface area contributed by atoms with Gasteiger partial charge in [0.2, 0.25) is 11.1 Å². The minimum atomic E-state index is -0.564. The van der Waals surface area contributed by atoms with Crippen molar-refractivity contribution < 1.29 is 24.0 Å². The first-order valence-electron chi connectivity index (χ1n) is 11.3. The number of H-pyrrole nitrogens is 1. The maximum atomic E-state index is 12.7. The number of aromatic nitrogens is 3. The van der Waals surface area contributed by atoms with E-state index in [1.54, 1.807) is 31.2 Å². The molecule has 0 saturated carbocycles. The molecule has 194 valence electrons. The van der Waals surface area contributed by atoms with E-state index in [9.17, 15) is 24.5 Å². The Kier molecular flexibility index (Phi) is 9.33. The largest absolute Gasteiger partial charge is 0.462 e. The van der Waals surface area contributed by atoms with Crippen molar-refractivity contribution in [2.75, 3.05) is 17.7 Å². The van der Waals surface area contributed by atoms with Gasteiger partial charge in [0.1, 0.15) is 5.82 Å². The molecule has 1 atom stereocenters. The van der Waals surface area contributed by atoms with Gasteiger partial charge in [0.05, 0.1) is 28.9 Å². The molecule has 3 aromatic rings. The highest BCUT2D eigenvalue weighted by Crippen LogP contribution is 2.23. The Morgan fingerprint density at radius 2 is 1.86 bits per heavy atom. The van der Waals surface area contributed by atoms with Crippen LogP contribution in [-0.4, -0.2) is 50.2 Å². The van der Waals surface area contributed by atoms with Gasteiger partial charge in [0, 0.05) is 23.4 Å². The first-order valence-corrected chi connectivity index (χ1v) is 12.3. The van der Waals surface area contributed by atoms with Crippen LogP contribution in [0.4, 0.5) is 11.4 Å². The van der Waals surface area contributed by atoms with Crippen molar-refractivity contribution in [1.82, 2.24) is 20.5 Å². The molecule has 0 unspecified atom stereocenters. The number of nitrogens with one attached hydrogen (secondary N) is 3. The number of non-ortho nitro benzene ring substituents is 1. The fraction of sp³-hybridized carbons (Fsp3) is 0.292. The van der Waals surface area contributed by atoms with E-state index in [-0.39, 0.29) is 35.4 Å². The quantitative estimate of drug-likeness (QED) is 0.146. The summed E-state index contributed by atoms with van der Waals surface area (Å²) in [7, 11) is 0. The van der Waals surface area contributed by atoms with Crippen LogP contribution in [0.5, 0.6) is 0 Å². The predicted octanol–water partition coefficient (Wildman–Crippen LogP) is 3.75. The van der Waals surface area contributed by atoms with Gasteiger partial charge in [-0.05, 0) is 43.2 Å². The van der Waals surface area contributed by atoms with Crippen molar-refractivity contribution in [2.45, 2.75) is 32.0 Å². The van der Waals surface area contributed by atoms with E-state index in [0.29, 0.717) is 22.2 Å². The highest BCUT2D eigenvalue weighted by Gasteiger charge is 2.24. The number of ether oxygens (including phenoxy) is 1. The van der Waals surface area contributed by atoms with Crippen molar-refractivity contribution in [3.63, 3.8) is 0 Å². The number of carbonyl (C=O) groups excluding carboxylic acids is 3. The average Bonchev–Trinajstić information content (AvgIpc) is 3.35. The summed E-state index contributed by atoms with van der Waals surface area (Å²) in [5, 5.41) is 23.8. The number of anilines is 1. The predicted molar refractivity (Wildman–Crippen MR) is 136 cm³/mol. The number of thioether (sulfide) groups is 1. The number of amides is 2. The number of carbonyl (C=O) groups is 3. The lowest BCUT2D eigenvalue weighted by atomic mass is 10.0. The molecular weight excluding hydrogens is 500 g/mol. The lowest BCUT2D eigenvalue weighted by Crippen LogP contribution is -2.32. The molecule has 1 heterocycles. The molecule has 0 radical (unpaired) electrons. The number of hydrogen-bond acceptors (Lipinski definition) is 9. The SMILES string of the molecule is CCOC(=O)c1ccc(NC(=O)CSc2n[nH]c([C@@H](NC(=O)c3cccc([N+](=O)[O-])c3)C(C)C)n2)cc1. The van der Waals surface area contributed by atoms with E-state index in [2.05, 4.69) is 25.8 Å². The van der Waals surface area contributed by atoms with Gasteiger partial charge in [-0.2, -0.15) is 0 Å². The molecule has 0 fully saturated rings. The lowest BCUT2D eigenvalue weighted by molar-refractivity contribution is -0.384. The zero-order valence-electron chi connectivity index (χ0n) is 20.4. The fourth-order valence-electron chi connectivity index (χ4n) is 3.23. The number of hydrogen-bond donors (Lipinski definition) is 3. The van der Waals surface area contributed by atoms with Crippen LogP contribution in [0.1, 0.15) is 53.4 Å². The minimum Gasteiger partial charge on any atom is -0.462 e. The van der Waals surface area contributed by atoms with E-state index in [4.69, 9.17) is 4.74 Å². The van der Waals surface area contributed by atoms with Gasteiger partial charge >= 0.3 is 5.97 Å². The number of nitro benzene ring substituents is 1.